The van der Waals surface area contributed by atoms with Crippen LogP contribution >= 0.6 is 11.8 Å². The molecule has 7 nitrogen and oxygen atoms in total. The molecule has 0 unspecified atom stereocenters. The third kappa shape index (κ3) is 3.72. The lowest BCUT2D eigenvalue weighted by atomic mass is 10.1. The van der Waals surface area contributed by atoms with Crippen molar-refractivity contribution in [2.75, 3.05) is 6.26 Å². The Hall–Kier alpha value is -2.09. The Labute approximate surface area is 125 Å². The summed E-state index contributed by atoms with van der Waals surface area (Å²) in [6.07, 6.45) is 1.93. The van der Waals surface area contributed by atoms with Crippen LogP contribution in [-0.4, -0.2) is 27.3 Å². The fraction of sp³-hybridized carbons (Fsp3) is 0.385. The highest BCUT2D eigenvalue weighted by atomic mass is 32.2. The first-order valence-corrected chi connectivity index (χ1v) is 7.69. The molecule has 0 aromatic carbocycles. The van der Waals surface area contributed by atoms with E-state index in [0.29, 0.717) is 28.7 Å². The molecule has 0 atom stereocenters. The molecular weight excluding hydrogens is 292 g/mol. The summed E-state index contributed by atoms with van der Waals surface area (Å²) in [4.78, 5) is 30.6. The number of aromatic nitrogens is 3. The van der Waals surface area contributed by atoms with Gasteiger partial charge in [-0.3, -0.25) is 9.59 Å². The van der Waals surface area contributed by atoms with Crippen LogP contribution in [-0.2, 0) is 12.3 Å². The van der Waals surface area contributed by atoms with Crippen molar-refractivity contribution in [3.63, 3.8) is 0 Å². The SMILES string of the molecule is CSCc1noc(CNC(=O)c2c(C)cc(C)[nH]c2=O)n1. The van der Waals surface area contributed by atoms with E-state index in [9.17, 15) is 9.59 Å². The molecule has 0 aliphatic rings. The van der Waals surface area contributed by atoms with Gasteiger partial charge in [-0.2, -0.15) is 16.7 Å². The highest BCUT2D eigenvalue weighted by molar-refractivity contribution is 7.97. The maximum Gasteiger partial charge on any atom is 0.261 e. The Morgan fingerprint density at radius 1 is 1.48 bits per heavy atom. The number of nitrogens with zero attached hydrogens (tertiary/aromatic N) is 2. The van der Waals surface area contributed by atoms with Crippen molar-refractivity contribution in [2.45, 2.75) is 26.1 Å². The first-order valence-electron chi connectivity index (χ1n) is 6.30. The Morgan fingerprint density at radius 2 is 2.24 bits per heavy atom. The van der Waals surface area contributed by atoms with Crippen molar-refractivity contribution in [1.29, 1.82) is 0 Å². The number of carbonyl (C=O) groups excluding carboxylic acids is 1. The minimum Gasteiger partial charge on any atom is -0.343 e. The van der Waals surface area contributed by atoms with E-state index in [4.69, 9.17) is 4.52 Å². The fourth-order valence-corrected chi connectivity index (χ4v) is 2.31. The number of H-pyrrole nitrogens is 1. The fourth-order valence-electron chi connectivity index (χ4n) is 1.93. The third-order valence-electron chi connectivity index (χ3n) is 2.78. The zero-order chi connectivity index (χ0) is 15.4. The van der Waals surface area contributed by atoms with Gasteiger partial charge >= 0.3 is 0 Å². The summed E-state index contributed by atoms with van der Waals surface area (Å²) in [6.45, 7) is 3.58. The van der Waals surface area contributed by atoms with Gasteiger partial charge in [-0.1, -0.05) is 5.16 Å². The number of thioether (sulfide) groups is 1. The number of carbonyl (C=O) groups is 1. The molecule has 21 heavy (non-hydrogen) atoms. The first-order chi connectivity index (χ1) is 10.0. The highest BCUT2D eigenvalue weighted by Gasteiger charge is 2.15. The van der Waals surface area contributed by atoms with Crippen LogP contribution in [0, 0.1) is 13.8 Å². The molecule has 0 aliphatic heterocycles. The number of hydrogen-bond acceptors (Lipinski definition) is 6. The van der Waals surface area contributed by atoms with Crippen LogP contribution in [0.4, 0.5) is 0 Å². The summed E-state index contributed by atoms with van der Waals surface area (Å²) in [5.41, 5.74) is 1.04. The molecule has 0 radical (unpaired) electrons. The Morgan fingerprint density at radius 3 is 2.90 bits per heavy atom. The number of amides is 1. The van der Waals surface area contributed by atoms with Gasteiger partial charge in [-0.25, -0.2) is 0 Å². The van der Waals surface area contributed by atoms with Crippen LogP contribution in [0.3, 0.4) is 0 Å². The molecule has 0 saturated carbocycles. The predicted molar refractivity (Wildman–Crippen MR) is 79.2 cm³/mol. The van der Waals surface area contributed by atoms with Gasteiger partial charge in [0.25, 0.3) is 11.5 Å². The monoisotopic (exact) mass is 308 g/mol. The minimum absolute atomic E-state index is 0.0902. The lowest BCUT2D eigenvalue weighted by Gasteiger charge is -2.05. The van der Waals surface area contributed by atoms with E-state index in [2.05, 4.69) is 20.4 Å². The molecule has 0 aliphatic carbocycles. The second-order valence-corrected chi connectivity index (χ2v) is 5.43. The van der Waals surface area contributed by atoms with Gasteiger partial charge in [-0.15, -0.1) is 0 Å². The molecule has 2 aromatic heterocycles. The molecule has 0 bridgehead atoms. The molecule has 0 saturated heterocycles. The van der Waals surface area contributed by atoms with Gasteiger partial charge < -0.3 is 14.8 Å². The molecule has 2 N–H and O–H groups in total. The molecule has 0 fully saturated rings. The van der Waals surface area contributed by atoms with Crippen molar-refractivity contribution in [3.8, 4) is 0 Å². The van der Waals surface area contributed by atoms with Gasteiger partial charge in [0.1, 0.15) is 5.56 Å². The Bertz CT molecular complexity index is 708. The molecule has 1 amide bonds. The second-order valence-electron chi connectivity index (χ2n) is 4.56. The standard InChI is InChI=1S/C13H16N4O3S/c1-7-4-8(2)15-13(19)11(7)12(18)14-5-10-16-9(6-21-3)17-20-10/h4H,5-6H2,1-3H3,(H,14,18)(H,15,19). The topological polar surface area (TPSA) is 101 Å². The van der Waals surface area contributed by atoms with Crippen LogP contribution in [0.25, 0.3) is 0 Å². The summed E-state index contributed by atoms with van der Waals surface area (Å²) in [7, 11) is 0. The molecule has 2 aromatic rings. The maximum absolute atomic E-state index is 12.1. The minimum atomic E-state index is -0.460. The molecule has 2 heterocycles. The van der Waals surface area contributed by atoms with Crippen molar-refractivity contribution < 1.29 is 9.32 Å². The van der Waals surface area contributed by atoms with Crippen LogP contribution in [0.1, 0.15) is 33.3 Å². The smallest absolute Gasteiger partial charge is 0.261 e. The molecule has 8 heteroatoms. The van der Waals surface area contributed by atoms with E-state index >= 15 is 0 Å². The van der Waals surface area contributed by atoms with Crippen molar-refractivity contribution in [2.24, 2.45) is 0 Å². The maximum atomic E-state index is 12.1. The molecule has 2 rings (SSSR count). The van der Waals surface area contributed by atoms with E-state index in [1.807, 2.05) is 6.26 Å². The van der Waals surface area contributed by atoms with Crippen LogP contribution in [0.15, 0.2) is 15.4 Å². The Kier molecular flexibility index (Phi) is 4.79. The average Bonchev–Trinajstić information content (AvgIpc) is 2.83. The van der Waals surface area contributed by atoms with E-state index in [1.165, 1.54) is 0 Å². The number of aromatic amines is 1. The number of hydrogen-bond donors (Lipinski definition) is 2. The van der Waals surface area contributed by atoms with Crippen molar-refractivity contribution in [3.05, 3.63) is 45.0 Å². The quantitative estimate of drug-likeness (QED) is 0.860. The van der Waals surface area contributed by atoms with Crippen molar-refractivity contribution >= 4 is 17.7 Å². The average molecular weight is 308 g/mol. The third-order valence-corrected chi connectivity index (χ3v) is 3.32. The zero-order valence-corrected chi connectivity index (χ0v) is 12.8. The van der Waals surface area contributed by atoms with Gasteiger partial charge in [0.15, 0.2) is 5.82 Å². The molecule has 0 spiro atoms. The van der Waals surface area contributed by atoms with Crippen LogP contribution in [0.5, 0.6) is 0 Å². The highest BCUT2D eigenvalue weighted by Crippen LogP contribution is 2.06. The van der Waals surface area contributed by atoms with Crippen LogP contribution in [0.2, 0.25) is 0 Å². The summed E-state index contributed by atoms with van der Waals surface area (Å²) in [5.74, 6) is 1.08. The van der Waals surface area contributed by atoms with Crippen molar-refractivity contribution in [1.82, 2.24) is 20.4 Å². The van der Waals surface area contributed by atoms with E-state index in [0.717, 1.165) is 0 Å². The van der Waals surface area contributed by atoms with Crippen LogP contribution < -0.4 is 10.9 Å². The lowest BCUT2D eigenvalue weighted by molar-refractivity contribution is 0.0944. The van der Waals surface area contributed by atoms with E-state index < -0.39 is 11.5 Å². The van der Waals surface area contributed by atoms with Gasteiger partial charge in [0.05, 0.1) is 12.3 Å². The number of rotatable bonds is 5. The molecule has 112 valence electrons. The second kappa shape index (κ2) is 6.57. The van der Waals surface area contributed by atoms with Gasteiger partial charge in [0, 0.05) is 5.69 Å². The van der Waals surface area contributed by atoms with E-state index in [-0.39, 0.29) is 12.1 Å². The predicted octanol–water partition coefficient (Wildman–Crippen LogP) is 1.17. The summed E-state index contributed by atoms with van der Waals surface area (Å²) in [5, 5.41) is 6.39. The lowest BCUT2D eigenvalue weighted by Crippen LogP contribution is -2.30. The summed E-state index contributed by atoms with van der Waals surface area (Å²) < 4.78 is 5.01. The van der Waals surface area contributed by atoms with E-state index in [1.54, 1.807) is 31.7 Å². The largest absolute Gasteiger partial charge is 0.343 e. The number of aryl methyl sites for hydroxylation is 2. The summed E-state index contributed by atoms with van der Waals surface area (Å²) >= 11 is 1.58. The number of pyridine rings is 1. The number of nitrogens with one attached hydrogen (secondary N) is 2. The van der Waals surface area contributed by atoms with Gasteiger partial charge in [0.2, 0.25) is 5.89 Å². The molecular formula is C13H16N4O3S. The first kappa shape index (κ1) is 15.3. The summed E-state index contributed by atoms with van der Waals surface area (Å²) in [6, 6.07) is 1.75. The normalized spacial score (nSPS) is 10.6. The Balaban J connectivity index is 2.06. The van der Waals surface area contributed by atoms with Gasteiger partial charge in [-0.05, 0) is 31.7 Å². The zero-order valence-electron chi connectivity index (χ0n) is 12.0.